The van der Waals surface area contributed by atoms with Gasteiger partial charge in [0, 0.05) is 22.1 Å². The highest BCUT2D eigenvalue weighted by molar-refractivity contribution is 5.93. The Labute approximate surface area is 247 Å². The zero-order valence-electron chi connectivity index (χ0n) is 23.5. The number of nitrogens with zero attached hydrogens (tertiary/aromatic N) is 3. The molecule has 3 heteroatoms. The van der Waals surface area contributed by atoms with Gasteiger partial charge in [-0.05, 0) is 52.3 Å². The second-order valence-corrected chi connectivity index (χ2v) is 11.5. The summed E-state index contributed by atoms with van der Waals surface area (Å²) in [5.41, 5.74) is 11.4. The summed E-state index contributed by atoms with van der Waals surface area (Å²) >= 11 is 0. The van der Waals surface area contributed by atoms with Gasteiger partial charge in [-0.25, -0.2) is 15.0 Å². The molecule has 3 nitrogen and oxygen atoms in total. The van der Waals surface area contributed by atoms with Gasteiger partial charge >= 0.3 is 0 Å². The molecule has 1 heterocycles. The highest BCUT2D eigenvalue weighted by Crippen LogP contribution is 2.57. The average Bonchev–Trinajstić information content (AvgIpc) is 3.35. The molecular formula is C39H31N3. The summed E-state index contributed by atoms with van der Waals surface area (Å²) in [6, 6.07) is 45.1. The van der Waals surface area contributed by atoms with Crippen molar-refractivity contribution in [2.75, 3.05) is 0 Å². The zero-order chi connectivity index (χ0) is 27.9. The first kappa shape index (κ1) is 24.9. The van der Waals surface area contributed by atoms with Gasteiger partial charge in [0.25, 0.3) is 0 Å². The number of hydrogen-bond acceptors (Lipinski definition) is 3. The van der Waals surface area contributed by atoms with Crippen LogP contribution in [-0.4, -0.2) is 15.0 Å². The topological polar surface area (TPSA) is 38.7 Å². The normalized spacial score (nSPS) is 14.9. The maximum atomic E-state index is 4.99. The first-order valence-corrected chi connectivity index (χ1v) is 15.0. The number of aromatic nitrogens is 3. The summed E-state index contributed by atoms with van der Waals surface area (Å²) in [5.74, 6) is 2.04. The van der Waals surface area contributed by atoms with Gasteiger partial charge in [0.2, 0.25) is 0 Å². The molecule has 1 fully saturated rings. The Kier molecular flexibility index (Phi) is 6.03. The molecule has 1 saturated carbocycles. The van der Waals surface area contributed by atoms with Crippen molar-refractivity contribution in [1.82, 2.24) is 15.0 Å². The molecule has 0 amide bonds. The van der Waals surface area contributed by atoms with Crippen molar-refractivity contribution >= 4 is 0 Å². The van der Waals surface area contributed by atoms with E-state index in [-0.39, 0.29) is 5.41 Å². The first-order valence-electron chi connectivity index (χ1n) is 15.0. The predicted octanol–water partition coefficient (Wildman–Crippen LogP) is 9.77. The van der Waals surface area contributed by atoms with E-state index >= 15 is 0 Å². The van der Waals surface area contributed by atoms with Gasteiger partial charge < -0.3 is 0 Å². The fraction of sp³-hybridized carbons (Fsp3) is 0.154. The third kappa shape index (κ3) is 4.08. The maximum absolute atomic E-state index is 4.99. The van der Waals surface area contributed by atoms with Crippen molar-refractivity contribution < 1.29 is 0 Å². The van der Waals surface area contributed by atoms with Gasteiger partial charge in [-0.1, -0.05) is 141 Å². The van der Waals surface area contributed by atoms with Gasteiger partial charge in [-0.3, -0.25) is 0 Å². The number of rotatable bonds is 4. The van der Waals surface area contributed by atoms with E-state index in [0.717, 1.165) is 16.7 Å². The third-order valence-corrected chi connectivity index (χ3v) is 9.13. The molecule has 2 aliphatic rings. The average molecular weight is 542 g/mol. The van der Waals surface area contributed by atoms with Crippen LogP contribution in [0.5, 0.6) is 0 Å². The summed E-state index contributed by atoms with van der Waals surface area (Å²) in [4.78, 5) is 14.9. The number of benzene rings is 5. The monoisotopic (exact) mass is 541 g/mol. The Morgan fingerprint density at radius 3 is 1.60 bits per heavy atom. The lowest BCUT2D eigenvalue weighted by molar-refractivity contribution is 0.353. The minimum Gasteiger partial charge on any atom is -0.208 e. The highest BCUT2D eigenvalue weighted by Gasteiger charge is 2.44. The molecule has 0 N–H and O–H groups in total. The van der Waals surface area contributed by atoms with Gasteiger partial charge in [-0.2, -0.15) is 0 Å². The summed E-state index contributed by atoms with van der Waals surface area (Å²) in [5, 5.41) is 0. The van der Waals surface area contributed by atoms with Crippen molar-refractivity contribution in [3.8, 4) is 56.4 Å². The van der Waals surface area contributed by atoms with Crippen LogP contribution in [0.2, 0.25) is 0 Å². The zero-order valence-corrected chi connectivity index (χ0v) is 23.5. The molecular weight excluding hydrogens is 510 g/mol. The van der Waals surface area contributed by atoms with E-state index < -0.39 is 0 Å². The van der Waals surface area contributed by atoms with Crippen LogP contribution in [0.3, 0.4) is 0 Å². The molecule has 0 aliphatic heterocycles. The van der Waals surface area contributed by atoms with Crippen molar-refractivity contribution in [3.63, 3.8) is 0 Å². The highest BCUT2D eigenvalue weighted by atomic mass is 15.0. The molecule has 8 rings (SSSR count). The van der Waals surface area contributed by atoms with Crippen LogP contribution < -0.4 is 0 Å². The Morgan fingerprint density at radius 2 is 0.905 bits per heavy atom. The Bertz CT molecular complexity index is 1850. The van der Waals surface area contributed by atoms with Gasteiger partial charge in [0.1, 0.15) is 0 Å². The Morgan fingerprint density at radius 1 is 0.405 bits per heavy atom. The fourth-order valence-electron chi connectivity index (χ4n) is 7.20. The van der Waals surface area contributed by atoms with Crippen LogP contribution in [0, 0.1) is 0 Å². The van der Waals surface area contributed by atoms with E-state index in [9.17, 15) is 0 Å². The molecule has 202 valence electrons. The molecule has 6 aromatic rings. The molecule has 42 heavy (non-hydrogen) atoms. The largest absolute Gasteiger partial charge is 0.208 e. The summed E-state index contributed by atoms with van der Waals surface area (Å²) in [6.45, 7) is 0. The minimum atomic E-state index is 0.140. The molecule has 0 radical (unpaired) electrons. The predicted molar refractivity (Wildman–Crippen MR) is 171 cm³/mol. The van der Waals surface area contributed by atoms with Crippen LogP contribution in [0.1, 0.15) is 43.2 Å². The molecule has 5 aromatic carbocycles. The molecule has 0 unspecified atom stereocenters. The van der Waals surface area contributed by atoms with E-state index in [1.54, 1.807) is 0 Å². The van der Waals surface area contributed by atoms with Crippen LogP contribution in [0.15, 0.2) is 127 Å². The molecule has 2 aliphatic carbocycles. The Balaban J connectivity index is 1.29. The lowest BCUT2D eigenvalue weighted by Gasteiger charge is -2.36. The summed E-state index contributed by atoms with van der Waals surface area (Å²) in [7, 11) is 0. The van der Waals surface area contributed by atoms with E-state index in [4.69, 9.17) is 15.0 Å². The fourth-order valence-corrected chi connectivity index (χ4v) is 7.20. The molecule has 0 atom stereocenters. The first-order chi connectivity index (χ1) is 20.8. The lowest BCUT2D eigenvalue weighted by Crippen LogP contribution is -2.27. The van der Waals surface area contributed by atoms with E-state index in [1.807, 2.05) is 36.4 Å². The second kappa shape index (κ2) is 10.2. The standard InChI is InChI=1S/C39H31N3/c1-4-14-27(15-5-1)36-40-37(28-16-6-2-7-17-28)42-38(41-36)30-19-12-18-29(26-30)31-21-13-23-34-35(31)32-20-8-9-22-33(32)39(34)24-10-3-11-25-39/h1-2,4-9,12-23,26H,3,10-11,24-25H2. The van der Waals surface area contributed by atoms with E-state index in [2.05, 4.69) is 91.0 Å². The third-order valence-electron chi connectivity index (χ3n) is 9.13. The van der Waals surface area contributed by atoms with Crippen molar-refractivity contribution in [1.29, 1.82) is 0 Å². The molecule has 1 aromatic heterocycles. The Hall–Kier alpha value is -4.89. The summed E-state index contributed by atoms with van der Waals surface area (Å²) < 4.78 is 0. The quantitative estimate of drug-likeness (QED) is 0.223. The van der Waals surface area contributed by atoms with Crippen molar-refractivity contribution in [2.45, 2.75) is 37.5 Å². The van der Waals surface area contributed by atoms with E-state index in [1.165, 1.54) is 65.5 Å². The number of fused-ring (bicyclic) bond motifs is 5. The lowest BCUT2D eigenvalue weighted by atomic mass is 9.68. The van der Waals surface area contributed by atoms with Gasteiger partial charge in [-0.15, -0.1) is 0 Å². The van der Waals surface area contributed by atoms with Gasteiger partial charge in [0.05, 0.1) is 0 Å². The van der Waals surface area contributed by atoms with Gasteiger partial charge in [0.15, 0.2) is 17.5 Å². The van der Waals surface area contributed by atoms with E-state index in [0.29, 0.717) is 17.5 Å². The minimum absolute atomic E-state index is 0.140. The summed E-state index contributed by atoms with van der Waals surface area (Å²) in [6.07, 6.45) is 6.38. The van der Waals surface area contributed by atoms with Crippen molar-refractivity contribution in [3.05, 3.63) is 139 Å². The van der Waals surface area contributed by atoms with Crippen LogP contribution in [0.4, 0.5) is 0 Å². The van der Waals surface area contributed by atoms with Crippen LogP contribution >= 0.6 is 0 Å². The van der Waals surface area contributed by atoms with Crippen LogP contribution in [-0.2, 0) is 5.41 Å². The molecule has 1 spiro atoms. The SMILES string of the molecule is c1ccc(-c2nc(-c3ccccc3)nc(-c3cccc(-c4cccc5c4-c4ccccc4C54CCCCC4)c3)n2)cc1. The van der Waals surface area contributed by atoms with Crippen LogP contribution in [0.25, 0.3) is 56.4 Å². The smallest absolute Gasteiger partial charge is 0.164 e. The number of hydrogen-bond donors (Lipinski definition) is 0. The van der Waals surface area contributed by atoms with Crippen molar-refractivity contribution in [2.24, 2.45) is 0 Å². The maximum Gasteiger partial charge on any atom is 0.164 e. The second-order valence-electron chi connectivity index (χ2n) is 11.5. The molecule has 0 bridgehead atoms. The molecule has 0 saturated heterocycles.